The smallest absolute Gasteiger partial charge is 0.238 e. The molecule has 2 aromatic rings. The highest BCUT2D eigenvalue weighted by molar-refractivity contribution is 8.01. The van der Waals surface area contributed by atoms with Crippen LogP contribution in [0.2, 0.25) is 10.0 Å². The molecule has 5 heteroatoms. The molecular weight excluding hydrogens is 313 g/mol. The van der Waals surface area contributed by atoms with Crippen LogP contribution in [-0.4, -0.2) is 11.2 Å². The number of anilines is 1. The largest absolute Gasteiger partial charge is 0.324 e. The number of hydrogen-bond donors (Lipinski definition) is 1. The molecule has 0 fully saturated rings. The number of carbonyl (C=O) groups excluding carboxylic acids is 1. The molecule has 0 bridgehead atoms. The highest BCUT2D eigenvalue weighted by Crippen LogP contribution is 2.37. The van der Waals surface area contributed by atoms with Crippen LogP contribution in [0.1, 0.15) is 5.56 Å². The third kappa shape index (κ3) is 2.80. The molecule has 20 heavy (non-hydrogen) atoms. The molecule has 1 aliphatic heterocycles. The molecule has 0 aromatic heterocycles. The van der Waals surface area contributed by atoms with E-state index in [0.717, 1.165) is 6.42 Å². The Hall–Kier alpha value is -1.16. The summed E-state index contributed by atoms with van der Waals surface area (Å²) >= 11 is 13.5. The predicted molar refractivity (Wildman–Crippen MR) is 84.9 cm³/mol. The Balaban J connectivity index is 1.72. The van der Waals surface area contributed by atoms with Crippen molar-refractivity contribution in [3.63, 3.8) is 0 Å². The molecule has 1 aliphatic rings. The van der Waals surface area contributed by atoms with E-state index in [0.29, 0.717) is 15.7 Å². The van der Waals surface area contributed by atoms with Gasteiger partial charge >= 0.3 is 0 Å². The van der Waals surface area contributed by atoms with Crippen LogP contribution in [0.5, 0.6) is 0 Å². The normalized spacial score (nSPS) is 16.8. The van der Waals surface area contributed by atoms with Crippen LogP contribution in [0.3, 0.4) is 0 Å². The maximum absolute atomic E-state index is 12.3. The fourth-order valence-electron chi connectivity index (χ4n) is 2.13. The van der Waals surface area contributed by atoms with Crippen LogP contribution >= 0.6 is 35.0 Å². The van der Waals surface area contributed by atoms with Crippen molar-refractivity contribution < 1.29 is 4.79 Å². The van der Waals surface area contributed by atoms with Crippen molar-refractivity contribution in [1.82, 2.24) is 0 Å². The first-order valence-corrected chi connectivity index (χ1v) is 7.77. The summed E-state index contributed by atoms with van der Waals surface area (Å²) in [5, 5.41) is 3.75. The van der Waals surface area contributed by atoms with Gasteiger partial charge in [-0.2, -0.15) is 0 Å². The number of nitrogens with one attached hydrogen (secondary N) is 1. The molecular formula is C15H11Cl2NOS. The lowest BCUT2D eigenvalue weighted by molar-refractivity contribution is -0.115. The summed E-state index contributed by atoms with van der Waals surface area (Å²) in [5.74, 6) is -0.0320. The summed E-state index contributed by atoms with van der Waals surface area (Å²) in [5.41, 5.74) is 1.82. The van der Waals surface area contributed by atoms with E-state index in [2.05, 4.69) is 11.4 Å². The average Bonchev–Trinajstić information content (AvgIpc) is 2.86. The number of thioether (sulfide) groups is 1. The van der Waals surface area contributed by atoms with Crippen molar-refractivity contribution in [3.05, 3.63) is 58.1 Å². The van der Waals surface area contributed by atoms with Crippen LogP contribution in [0.25, 0.3) is 0 Å². The van der Waals surface area contributed by atoms with E-state index in [1.165, 1.54) is 10.5 Å². The number of rotatable bonds is 2. The maximum Gasteiger partial charge on any atom is 0.238 e. The molecule has 1 atom stereocenters. The van der Waals surface area contributed by atoms with Gasteiger partial charge in [-0.05, 0) is 36.2 Å². The van der Waals surface area contributed by atoms with Crippen molar-refractivity contribution in [1.29, 1.82) is 0 Å². The number of benzene rings is 2. The second kappa shape index (κ2) is 5.68. The molecule has 3 rings (SSSR count). The van der Waals surface area contributed by atoms with Crippen molar-refractivity contribution in [2.24, 2.45) is 0 Å². The fourth-order valence-corrected chi connectivity index (χ4v) is 3.78. The first-order chi connectivity index (χ1) is 9.63. The Kier molecular flexibility index (Phi) is 3.92. The van der Waals surface area contributed by atoms with Crippen LogP contribution in [-0.2, 0) is 11.2 Å². The molecule has 2 nitrogen and oxygen atoms in total. The minimum Gasteiger partial charge on any atom is -0.324 e. The standard InChI is InChI=1S/C15H11Cl2NOS/c16-10-5-6-12(11(17)8-10)18-15(19)14-7-9-3-1-2-4-13(9)20-14/h1-6,8,14H,7H2,(H,18,19)/t14-/m1/s1. The summed E-state index contributed by atoms with van der Waals surface area (Å²) in [6.45, 7) is 0. The van der Waals surface area contributed by atoms with Crippen LogP contribution in [0.15, 0.2) is 47.4 Å². The topological polar surface area (TPSA) is 29.1 Å². The quantitative estimate of drug-likeness (QED) is 0.871. The Bertz CT molecular complexity index is 650. The molecule has 102 valence electrons. The molecule has 0 spiro atoms. The van der Waals surface area contributed by atoms with Gasteiger partial charge < -0.3 is 5.32 Å². The lowest BCUT2D eigenvalue weighted by Gasteiger charge is -2.11. The number of amides is 1. The van der Waals surface area contributed by atoms with Crippen molar-refractivity contribution in [2.75, 3.05) is 5.32 Å². The number of carbonyl (C=O) groups is 1. The molecule has 2 aromatic carbocycles. The maximum atomic E-state index is 12.3. The molecule has 0 saturated carbocycles. The molecule has 1 heterocycles. The Morgan fingerprint density at radius 3 is 2.75 bits per heavy atom. The highest BCUT2D eigenvalue weighted by Gasteiger charge is 2.28. The van der Waals surface area contributed by atoms with Gasteiger partial charge in [0.15, 0.2) is 0 Å². The van der Waals surface area contributed by atoms with E-state index in [1.54, 1.807) is 30.0 Å². The highest BCUT2D eigenvalue weighted by atomic mass is 35.5. The van der Waals surface area contributed by atoms with Gasteiger partial charge in [-0.1, -0.05) is 41.4 Å². The van der Waals surface area contributed by atoms with Gasteiger partial charge in [0, 0.05) is 9.92 Å². The van der Waals surface area contributed by atoms with Crippen molar-refractivity contribution in [3.8, 4) is 0 Å². The minimum absolute atomic E-state index is 0.0320. The summed E-state index contributed by atoms with van der Waals surface area (Å²) in [7, 11) is 0. The molecule has 0 aliphatic carbocycles. The molecule has 0 saturated heterocycles. The van der Waals surface area contributed by atoms with Gasteiger partial charge in [-0.15, -0.1) is 11.8 Å². The van der Waals surface area contributed by atoms with Gasteiger partial charge in [0.1, 0.15) is 0 Å². The summed E-state index contributed by atoms with van der Waals surface area (Å²) in [6, 6.07) is 13.1. The first-order valence-electron chi connectivity index (χ1n) is 6.14. The van der Waals surface area contributed by atoms with E-state index in [9.17, 15) is 4.79 Å². The zero-order valence-corrected chi connectivity index (χ0v) is 12.7. The second-order valence-corrected chi connectivity index (χ2v) is 6.62. The zero-order valence-electron chi connectivity index (χ0n) is 10.4. The predicted octanol–water partition coefficient (Wildman–Crippen LogP) is 4.65. The van der Waals surface area contributed by atoms with E-state index in [4.69, 9.17) is 23.2 Å². The van der Waals surface area contributed by atoms with Crippen molar-refractivity contribution >= 4 is 46.6 Å². The van der Waals surface area contributed by atoms with E-state index >= 15 is 0 Å². The average molecular weight is 324 g/mol. The van der Waals surface area contributed by atoms with Crippen LogP contribution < -0.4 is 5.32 Å². The van der Waals surface area contributed by atoms with E-state index in [1.807, 2.05) is 18.2 Å². The molecule has 1 N–H and O–H groups in total. The molecule has 1 amide bonds. The van der Waals surface area contributed by atoms with Gasteiger partial charge in [0.25, 0.3) is 0 Å². The lowest BCUT2D eigenvalue weighted by atomic mass is 10.1. The SMILES string of the molecule is O=C(Nc1ccc(Cl)cc1Cl)[C@H]1Cc2ccccc2S1. The first kappa shape index (κ1) is 13.8. The second-order valence-electron chi connectivity index (χ2n) is 4.53. The van der Waals surface area contributed by atoms with Crippen molar-refractivity contribution in [2.45, 2.75) is 16.6 Å². The summed E-state index contributed by atoms with van der Waals surface area (Å²) in [6.07, 6.45) is 0.748. The number of halogens is 2. The van der Waals surface area contributed by atoms with Gasteiger partial charge in [-0.25, -0.2) is 0 Å². The minimum atomic E-state index is -0.112. The van der Waals surface area contributed by atoms with E-state index < -0.39 is 0 Å². The third-order valence-electron chi connectivity index (χ3n) is 3.13. The Labute approximate surface area is 131 Å². The van der Waals surface area contributed by atoms with Gasteiger partial charge in [0.2, 0.25) is 5.91 Å². The van der Waals surface area contributed by atoms with E-state index in [-0.39, 0.29) is 11.2 Å². The lowest BCUT2D eigenvalue weighted by Crippen LogP contribution is -2.24. The van der Waals surface area contributed by atoms with Gasteiger partial charge in [0.05, 0.1) is 16.0 Å². The van der Waals surface area contributed by atoms with Gasteiger partial charge in [-0.3, -0.25) is 4.79 Å². The fraction of sp³-hybridized carbons (Fsp3) is 0.133. The summed E-state index contributed by atoms with van der Waals surface area (Å²) < 4.78 is 0. The molecule has 0 unspecified atom stereocenters. The number of hydrogen-bond acceptors (Lipinski definition) is 2. The monoisotopic (exact) mass is 323 g/mol. The third-order valence-corrected chi connectivity index (χ3v) is 4.99. The molecule has 0 radical (unpaired) electrons. The number of fused-ring (bicyclic) bond motifs is 1. The van der Waals surface area contributed by atoms with Crippen LogP contribution in [0.4, 0.5) is 5.69 Å². The summed E-state index contributed by atoms with van der Waals surface area (Å²) in [4.78, 5) is 13.5. The Morgan fingerprint density at radius 1 is 1.20 bits per heavy atom. The Morgan fingerprint density at radius 2 is 2.00 bits per heavy atom. The van der Waals surface area contributed by atoms with Crippen LogP contribution in [0, 0.1) is 0 Å². The zero-order chi connectivity index (χ0) is 14.1.